The molecule has 1 N–H and O–H groups in total. The van der Waals surface area contributed by atoms with Crippen LogP contribution in [0.3, 0.4) is 0 Å². The largest absolute Gasteiger partial charge is 0.343 e. The van der Waals surface area contributed by atoms with Crippen molar-refractivity contribution in [3.8, 4) is 0 Å². The topological polar surface area (TPSA) is 66.5 Å². The average molecular weight is 419 g/mol. The van der Waals surface area contributed by atoms with Gasteiger partial charge in [0, 0.05) is 26.1 Å². The minimum absolute atomic E-state index is 0.145. The molecule has 0 spiro atoms. The van der Waals surface area contributed by atoms with E-state index in [1.54, 1.807) is 24.3 Å². The van der Waals surface area contributed by atoms with Crippen LogP contribution < -0.4 is 4.72 Å². The monoisotopic (exact) mass is 418 g/mol. The summed E-state index contributed by atoms with van der Waals surface area (Å²) in [4.78, 5) is 14.9. The van der Waals surface area contributed by atoms with Crippen molar-refractivity contribution in [2.75, 3.05) is 19.6 Å². The first-order valence-electron chi connectivity index (χ1n) is 10.8. The number of nitrogens with one attached hydrogen (secondary N) is 1. The molecule has 3 rings (SSSR count). The van der Waals surface area contributed by atoms with E-state index < -0.39 is 10.0 Å². The van der Waals surface area contributed by atoms with Gasteiger partial charge in [-0.3, -0.25) is 4.79 Å². The zero-order chi connectivity index (χ0) is 21.0. The lowest BCUT2D eigenvalue weighted by Gasteiger charge is -2.37. The zero-order valence-corrected chi connectivity index (χ0v) is 18.6. The maximum Gasteiger partial charge on any atom is 0.240 e. The van der Waals surface area contributed by atoms with Gasteiger partial charge in [0.15, 0.2) is 0 Å². The van der Waals surface area contributed by atoms with Gasteiger partial charge in [0.2, 0.25) is 15.9 Å². The van der Waals surface area contributed by atoms with Crippen LogP contribution in [0.25, 0.3) is 0 Å². The Balaban J connectivity index is 1.68. The van der Waals surface area contributed by atoms with Crippen LogP contribution in [-0.2, 0) is 14.8 Å². The third kappa shape index (κ3) is 5.48. The van der Waals surface area contributed by atoms with E-state index in [1.807, 2.05) is 11.0 Å². The fraction of sp³-hybridized carbons (Fsp3) is 0.609. The molecule has 3 unspecified atom stereocenters. The number of hydrogen-bond acceptors (Lipinski definition) is 3. The van der Waals surface area contributed by atoms with Crippen LogP contribution >= 0.6 is 0 Å². The zero-order valence-electron chi connectivity index (χ0n) is 17.8. The predicted octanol–water partition coefficient (Wildman–Crippen LogP) is 3.83. The molecule has 1 aromatic rings. The molecule has 29 heavy (non-hydrogen) atoms. The highest BCUT2D eigenvalue weighted by atomic mass is 32.2. The van der Waals surface area contributed by atoms with Gasteiger partial charge in [0.25, 0.3) is 0 Å². The van der Waals surface area contributed by atoms with Crippen molar-refractivity contribution >= 4 is 15.9 Å². The van der Waals surface area contributed by atoms with Gasteiger partial charge in [0.05, 0.1) is 4.90 Å². The van der Waals surface area contributed by atoms with Crippen LogP contribution in [0.2, 0.25) is 0 Å². The third-order valence-electron chi connectivity index (χ3n) is 6.53. The Hall–Kier alpha value is -1.66. The molecule has 3 atom stereocenters. The molecule has 5 nitrogen and oxygen atoms in total. The van der Waals surface area contributed by atoms with Crippen LogP contribution in [0.4, 0.5) is 0 Å². The SMILES string of the molecule is CC1=CC(CNS(=O)(=O)c2ccccc2)C(C(C)C)CC1CC(=O)N1CCCC1. The van der Waals surface area contributed by atoms with E-state index in [0.29, 0.717) is 29.7 Å². The second-order valence-corrected chi connectivity index (χ2v) is 10.6. The highest BCUT2D eigenvalue weighted by Crippen LogP contribution is 2.39. The molecular weight excluding hydrogens is 384 g/mol. The van der Waals surface area contributed by atoms with Crippen molar-refractivity contribution in [2.45, 2.75) is 51.3 Å². The molecule has 160 valence electrons. The first-order valence-corrected chi connectivity index (χ1v) is 12.3. The molecule has 0 aromatic heterocycles. The molecule has 1 aliphatic carbocycles. The van der Waals surface area contributed by atoms with Crippen molar-refractivity contribution < 1.29 is 13.2 Å². The smallest absolute Gasteiger partial charge is 0.240 e. The summed E-state index contributed by atoms with van der Waals surface area (Å²) in [5.74, 6) is 1.46. The minimum Gasteiger partial charge on any atom is -0.343 e. The standard InChI is InChI=1S/C23H34N2O3S/c1-17(2)22-14-19(15-23(26)25-11-7-8-12-25)18(3)13-20(22)16-24-29(27,28)21-9-5-4-6-10-21/h4-6,9-10,13,17,19-20,22,24H,7-8,11-12,14-16H2,1-3H3. The second-order valence-electron chi connectivity index (χ2n) is 8.87. The molecule has 6 heteroatoms. The van der Waals surface area contributed by atoms with Gasteiger partial charge in [-0.15, -0.1) is 0 Å². The summed E-state index contributed by atoms with van der Waals surface area (Å²) in [5.41, 5.74) is 1.22. The Morgan fingerprint density at radius 1 is 1.17 bits per heavy atom. The van der Waals surface area contributed by atoms with E-state index in [4.69, 9.17) is 0 Å². The fourth-order valence-corrected chi connectivity index (χ4v) is 5.80. The number of nitrogens with zero attached hydrogens (tertiary/aromatic N) is 1. The number of hydrogen-bond donors (Lipinski definition) is 1. The van der Waals surface area contributed by atoms with Crippen molar-refractivity contribution in [1.29, 1.82) is 0 Å². The number of benzene rings is 1. The molecule has 1 heterocycles. The highest BCUT2D eigenvalue weighted by Gasteiger charge is 2.34. The molecular formula is C23H34N2O3S. The normalized spacial score (nSPS) is 25.3. The lowest BCUT2D eigenvalue weighted by atomic mass is 9.70. The van der Waals surface area contributed by atoms with Crippen LogP contribution in [-0.4, -0.2) is 38.9 Å². The molecule has 0 bridgehead atoms. The summed E-state index contributed by atoms with van der Waals surface area (Å²) in [6, 6.07) is 8.51. The average Bonchev–Trinajstić information content (AvgIpc) is 3.23. The van der Waals surface area contributed by atoms with E-state index in [9.17, 15) is 13.2 Å². The summed E-state index contributed by atoms with van der Waals surface area (Å²) in [6.07, 6.45) is 5.96. The van der Waals surface area contributed by atoms with Gasteiger partial charge in [-0.05, 0) is 62.0 Å². The predicted molar refractivity (Wildman–Crippen MR) is 116 cm³/mol. The number of amides is 1. The fourth-order valence-electron chi connectivity index (χ4n) is 4.70. The first-order chi connectivity index (χ1) is 13.8. The summed E-state index contributed by atoms with van der Waals surface area (Å²) in [5, 5.41) is 0. The highest BCUT2D eigenvalue weighted by molar-refractivity contribution is 7.89. The van der Waals surface area contributed by atoms with Gasteiger partial charge >= 0.3 is 0 Å². The van der Waals surface area contributed by atoms with E-state index >= 15 is 0 Å². The number of rotatable bonds is 7. The Bertz CT molecular complexity index is 827. The molecule has 1 aliphatic heterocycles. The van der Waals surface area contributed by atoms with Crippen molar-refractivity contribution in [2.24, 2.45) is 23.7 Å². The van der Waals surface area contributed by atoms with E-state index in [1.165, 1.54) is 5.57 Å². The Labute approximate surface area is 175 Å². The van der Waals surface area contributed by atoms with E-state index in [0.717, 1.165) is 32.4 Å². The third-order valence-corrected chi connectivity index (χ3v) is 7.97. The number of allylic oxidation sites excluding steroid dienone is 1. The summed E-state index contributed by atoms with van der Waals surface area (Å²) in [6.45, 7) is 8.66. The van der Waals surface area contributed by atoms with Crippen molar-refractivity contribution in [3.63, 3.8) is 0 Å². The Morgan fingerprint density at radius 3 is 2.45 bits per heavy atom. The number of likely N-dealkylation sites (tertiary alicyclic amines) is 1. The Kier molecular flexibility index (Phi) is 7.17. The van der Waals surface area contributed by atoms with Crippen molar-refractivity contribution in [1.82, 2.24) is 9.62 Å². The molecule has 1 amide bonds. The quantitative estimate of drug-likeness (QED) is 0.684. The van der Waals surface area contributed by atoms with Gasteiger partial charge in [-0.1, -0.05) is 43.7 Å². The van der Waals surface area contributed by atoms with Gasteiger partial charge in [0.1, 0.15) is 0 Å². The molecule has 2 aliphatic rings. The Morgan fingerprint density at radius 2 is 1.83 bits per heavy atom. The first kappa shape index (κ1) is 22.0. The van der Waals surface area contributed by atoms with Gasteiger partial charge in [-0.2, -0.15) is 0 Å². The molecule has 1 fully saturated rings. The lowest BCUT2D eigenvalue weighted by molar-refractivity contribution is -0.131. The minimum atomic E-state index is -3.51. The van der Waals surface area contributed by atoms with Crippen LogP contribution in [0, 0.1) is 23.7 Å². The summed E-state index contributed by atoms with van der Waals surface area (Å²) >= 11 is 0. The van der Waals surface area contributed by atoms with E-state index in [2.05, 4.69) is 31.6 Å². The summed E-state index contributed by atoms with van der Waals surface area (Å²) in [7, 11) is -3.51. The number of sulfonamides is 1. The van der Waals surface area contributed by atoms with Gasteiger partial charge in [-0.25, -0.2) is 13.1 Å². The number of carbonyl (C=O) groups is 1. The number of carbonyl (C=O) groups excluding carboxylic acids is 1. The lowest BCUT2D eigenvalue weighted by Crippen LogP contribution is -2.38. The van der Waals surface area contributed by atoms with Crippen molar-refractivity contribution in [3.05, 3.63) is 42.0 Å². The molecule has 1 saturated heterocycles. The van der Waals surface area contributed by atoms with Gasteiger partial charge < -0.3 is 4.90 Å². The summed E-state index contributed by atoms with van der Waals surface area (Å²) < 4.78 is 28.0. The molecule has 0 radical (unpaired) electrons. The molecule has 0 saturated carbocycles. The maximum absolute atomic E-state index is 12.6. The van der Waals surface area contributed by atoms with Crippen LogP contribution in [0.15, 0.2) is 46.9 Å². The molecule has 1 aromatic carbocycles. The van der Waals surface area contributed by atoms with E-state index in [-0.39, 0.29) is 17.7 Å². The second kappa shape index (κ2) is 9.43. The van der Waals surface area contributed by atoms with Crippen LogP contribution in [0.5, 0.6) is 0 Å². The maximum atomic E-state index is 12.6. The van der Waals surface area contributed by atoms with Crippen LogP contribution in [0.1, 0.15) is 46.5 Å².